The van der Waals surface area contributed by atoms with Crippen LogP contribution in [0.4, 0.5) is 5.82 Å². The van der Waals surface area contributed by atoms with Crippen molar-refractivity contribution in [1.29, 1.82) is 0 Å². The standard InChI is InChI=1S/C23H21BrN6O2/c24-14-9-10-18(31)13(11-14)12-26-30-21(25)19(23(32)27-15-5-1-2-6-15)20-22(30)29-17-8-4-3-7-16(17)28-20/h3-4,7-12,15,31H,1-2,5-6,25H2,(H,27,32)/b26-12+. The summed E-state index contributed by atoms with van der Waals surface area (Å²) in [6.45, 7) is 0. The Bertz CT molecular complexity index is 1370. The Kier molecular flexibility index (Phi) is 5.26. The van der Waals surface area contributed by atoms with E-state index in [1.807, 2.05) is 24.3 Å². The van der Waals surface area contributed by atoms with E-state index in [2.05, 4.69) is 36.3 Å². The lowest BCUT2D eigenvalue weighted by molar-refractivity contribution is 0.0940. The van der Waals surface area contributed by atoms with Crippen molar-refractivity contribution in [3.8, 4) is 5.75 Å². The lowest BCUT2D eigenvalue weighted by Crippen LogP contribution is -2.33. The van der Waals surface area contributed by atoms with Crippen LogP contribution in [0.5, 0.6) is 5.75 Å². The second-order valence-corrected chi connectivity index (χ2v) is 8.77. The van der Waals surface area contributed by atoms with E-state index in [1.54, 1.807) is 18.2 Å². The van der Waals surface area contributed by atoms with Gasteiger partial charge in [-0.1, -0.05) is 40.9 Å². The Morgan fingerprint density at radius 2 is 1.91 bits per heavy atom. The molecule has 8 nitrogen and oxygen atoms in total. The predicted octanol–water partition coefficient (Wildman–Crippen LogP) is 4.19. The molecule has 0 unspecified atom stereocenters. The van der Waals surface area contributed by atoms with Crippen LogP contribution in [0.2, 0.25) is 0 Å². The first-order valence-corrected chi connectivity index (χ1v) is 11.2. The molecule has 0 spiro atoms. The quantitative estimate of drug-likeness (QED) is 0.369. The summed E-state index contributed by atoms with van der Waals surface area (Å²) in [7, 11) is 0. The molecule has 1 amide bonds. The molecule has 1 fully saturated rings. The van der Waals surface area contributed by atoms with Gasteiger partial charge in [-0.05, 0) is 43.2 Å². The van der Waals surface area contributed by atoms with Crippen LogP contribution in [-0.4, -0.2) is 37.9 Å². The molecule has 1 aliphatic carbocycles. The largest absolute Gasteiger partial charge is 0.507 e. The number of rotatable bonds is 4. The summed E-state index contributed by atoms with van der Waals surface area (Å²) in [5.74, 6) is -0.0532. The number of nitrogen functional groups attached to an aromatic ring is 1. The van der Waals surface area contributed by atoms with Gasteiger partial charge in [0.2, 0.25) is 0 Å². The number of phenolic OH excluding ortho intramolecular Hbond substituents is 1. The van der Waals surface area contributed by atoms with Crippen molar-refractivity contribution in [2.45, 2.75) is 31.7 Å². The van der Waals surface area contributed by atoms with Crippen LogP contribution < -0.4 is 11.1 Å². The minimum atomic E-state index is -0.275. The molecule has 2 aromatic carbocycles. The lowest BCUT2D eigenvalue weighted by Gasteiger charge is -2.11. The first-order valence-electron chi connectivity index (χ1n) is 10.4. The molecule has 5 rings (SSSR count). The summed E-state index contributed by atoms with van der Waals surface area (Å²) in [5, 5.41) is 17.7. The maximum absolute atomic E-state index is 13.2. The zero-order chi connectivity index (χ0) is 22.2. The summed E-state index contributed by atoms with van der Waals surface area (Å²) in [6.07, 6.45) is 5.60. The number of hydrogen-bond acceptors (Lipinski definition) is 6. The van der Waals surface area contributed by atoms with Gasteiger partial charge in [-0.15, -0.1) is 0 Å². The molecule has 4 N–H and O–H groups in total. The van der Waals surface area contributed by atoms with Crippen molar-refractivity contribution in [2.75, 3.05) is 5.73 Å². The smallest absolute Gasteiger partial charge is 0.257 e. The molecule has 2 heterocycles. The number of nitrogens with two attached hydrogens (primary N) is 1. The first-order chi connectivity index (χ1) is 15.5. The zero-order valence-corrected chi connectivity index (χ0v) is 18.7. The summed E-state index contributed by atoms with van der Waals surface area (Å²) < 4.78 is 2.20. The maximum atomic E-state index is 13.2. The SMILES string of the molecule is Nc1c(C(=O)NC2CCCC2)c2nc3ccccc3nc2n1/N=C/c1cc(Br)ccc1O. The van der Waals surface area contributed by atoms with E-state index in [1.165, 1.54) is 10.9 Å². The number of carbonyl (C=O) groups excluding carboxylic acids is 1. The molecule has 0 aliphatic heterocycles. The third-order valence-corrected chi connectivity index (χ3v) is 6.19. The van der Waals surface area contributed by atoms with Crippen LogP contribution in [0.25, 0.3) is 22.2 Å². The second kappa shape index (κ2) is 8.23. The van der Waals surface area contributed by atoms with Gasteiger partial charge in [-0.3, -0.25) is 4.79 Å². The Morgan fingerprint density at radius 1 is 1.19 bits per heavy atom. The molecule has 0 atom stereocenters. The third-order valence-electron chi connectivity index (χ3n) is 5.69. The number of halogens is 1. The number of fused-ring (bicyclic) bond motifs is 2. The maximum Gasteiger partial charge on any atom is 0.257 e. The van der Waals surface area contributed by atoms with Crippen LogP contribution in [0.3, 0.4) is 0 Å². The molecular formula is C23H21BrN6O2. The molecule has 32 heavy (non-hydrogen) atoms. The van der Waals surface area contributed by atoms with Crippen molar-refractivity contribution in [3.05, 3.63) is 58.1 Å². The molecule has 162 valence electrons. The molecular weight excluding hydrogens is 472 g/mol. The Labute approximate surface area is 192 Å². The number of para-hydroxylation sites is 2. The minimum absolute atomic E-state index is 0.0720. The normalized spacial score (nSPS) is 14.7. The van der Waals surface area contributed by atoms with Crippen LogP contribution in [-0.2, 0) is 0 Å². The molecule has 2 aromatic heterocycles. The number of aromatic nitrogens is 3. The van der Waals surface area contributed by atoms with Gasteiger partial charge < -0.3 is 16.2 Å². The fourth-order valence-electron chi connectivity index (χ4n) is 4.06. The Morgan fingerprint density at radius 3 is 2.66 bits per heavy atom. The average molecular weight is 493 g/mol. The van der Waals surface area contributed by atoms with Gasteiger partial charge >= 0.3 is 0 Å². The first kappa shape index (κ1) is 20.4. The van der Waals surface area contributed by atoms with E-state index in [0.717, 1.165) is 30.2 Å². The molecule has 0 bridgehead atoms. The van der Waals surface area contributed by atoms with E-state index in [0.29, 0.717) is 27.8 Å². The van der Waals surface area contributed by atoms with E-state index in [9.17, 15) is 9.90 Å². The molecule has 4 aromatic rings. The van der Waals surface area contributed by atoms with Crippen molar-refractivity contribution < 1.29 is 9.90 Å². The summed E-state index contributed by atoms with van der Waals surface area (Å²) in [4.78, 5) is 22.6. The van der Waals surface area contributed by atoms with Crippen LogP contribution >= 0.6 is 15.9 Å². The Balaban J connectivity index is 1.66. The van der Waals surface area contributed by atoms with Gasteiger partial charge in [0.05, 0.1) is 17.2 Å². The van der Waals surface area contributed by atoms with Crippen molar-refractivity contribution >= 4 is 56.1 Å². The monoisotopic (exact) mass is 492 g/mol. The van der Waals surface area contributed by atoms with Crippen LogP contribution in [0.1, 0.15) is 41.6 Å². The number of carbonyl (C=O) groups is 1. The molecule has 0 saturated heterocycles. The van der Waals surface area contributed by atoms with Gasteiger partial charge in [0.25, 0.3) is 5.91 Å². The van der Waals surface area contributed by atoms with E-state index >= 15 is 0 Å². The number of phenols is 1. The molecule has 0 radical (unpaired) electrons. The highest BCUT2D eigenvalue weighted by atomic mass is 79.9. The molecule has 1 saturated carbocycles. The number of nitrogens with zero attached hydrogens (tertiary/aromatic N) is 4. The number of benzene rings is 2. The zero-order valence-electron chi connectivity index (χ0n) is 17.1. The predicted molar refractivity (Wildman–Crippen MR) is 128 cm³/mol. The van der Waals surface area contributed by atoms with E-state index in [-0.39, 0.29) is 29.1 Å². The second-order valence-electron chi connectivity index (χ2n) is 7.86. The number of nitrogens with one attached hydrogen (secondary N) is 1. The van der Waals surface area contributed by atoms with Crippen molar-refractivity contribution in [3.63, 3.8) is 0 Å². The summed E-state index contributed by atoms with van der Waals surface area (Å²) >= 11 is 3.39. The molecule has 9 heteroatoms. The highest BCUT2D eigenvalue weighted by Gasteiger charge is 2.26. The van der Waals surface area contributed by atoms with Crippen LogP contribution in [0, 0.1) is 0 Å². The molecule has 1 aliphatic rings. The number of hydrogen-bond donors (Lipinski definition) is 3. The number of anilines is 1. The van der Waals surface area contributed by atoms with Crippen molar-refractivity contribution in [2.24, 2.45) is 5.10 Å². The van der Waals surface area contributed by atoms with Gasteiger partial charge in [0.15, 0.2) is 5.65 Å². The topological polar surface area (TPSA) is 118 Å². The van der Waals surface area contributed by atoms with E-state index in [4.69, 9.17) is 5.73 Å². The highest BCUT2D eigenvalue weighted by molar-refractivity contribution is 9.10. The van der Waals surface area contributed by atoms with Crippen LogP contribution in [0.15, 0.2) is 52.0 Å². The number of amides is 1. The van der Waals surface area contributed by atoms with E-state index < -0.39 is 0 Å². The fraction of sp³-hybridized carbons (Fsp3) is 0.217. The summed E-state index contributed by atoms with van der Waals surface area (Å²) in [5.41, 5.74) is 9.29. The van der Waals surface area contributed by atoms with Crippen molar-refractivity contribution in [1.82, 2.24) is 20.0 Å². The lowest BCUT2D eigenvalue weighted by atomic mass is 10.2. The Hall–Kier alpha value is -3.46. The average Bonchev–Trinajstić information content (AvgIpc) is 3.38. The summed E-state index contributed by atoms with van der Waals surface area (Å²) in [6, 6.07) is 12.6. The minimum Gasteiger partial charge on any atom is -0.507 e. The van der Waals surface area contributed by atoms with Gasteiger partial charge in [0, 0.05) is 16.1 Å². The third kappa shape index (κ3) is 3.69. The van der Waals surface area contributed by atoms with Gasteiger partial charge in [-0.25, -0.2) is 9.97 Å². The van der Waals surface area contributed by atoms with Gasteiger partial charge in [-0.2, -0.15) is 9.78 Å². The number of aromatic hydroxyl groups is 1. The van der Waals surface area contributed by atoms with Gasteiger partial charge in [0.1, 0.15) is 22.6 Å². The fourth-order valence-corrected chi connectivity index (χ4v) is 4.44. The highest BCUT2D eigenvalue weighted by Crippen LogP contribution is 2.29.